The van der Waals surface area contributed by atoms with Crippen LogP contribution in [0.4, 0.5) is 0 Å². The lowest BCUT2D eigenvalue weighted by molar-refractivity contribution is -0.144. The molecule has 0 spiro atoms. The van der Waals surface area contributed by atoms with Crippen LogP contribution in [-0.4, -0.2) is 38.6 Å². The first-order valence-corrected chi connectivity index (χ1v) is 6.18. The van der Waals surface area contributed by atoms with E-state index in [4.69, 9.17) is 9.15 Å². The van der Waals surface area contributed by atoms with E-state index in [1.807, 2.05) is 0 Å². The van der Waals surface area contributed by atoms with E-state index in [-0.39, 0.29) is 31.1 Å². The lowest BCUT2D eigenvalue weighted by atomic mass is 10.2. The van der Waals surface area contributed by atoms with Gasteiger partial charge in [-0.3, -0.25) is 9.59 Å². The zero-order valence-corrected chi connectivity index (χ0v) is 11.0. The summed E-state index contributed by atoms with van der Waals surface area (Å²) in [4.78, 5) is 24.0. The third-order valence-corrected chi connectivity index (χ3v) is 2.43. The Morgan fingerprint density at radius 1 is 1.40 bits per heavy atom. The lowest BCUT2D eigenvalue weighted by Gasteiger charge is -2.00. The van der Waals surface area contributed by atoms with E-state index < -0.39 is 0 Å². The number of ether oxygens (including phenoxy) is 1. The highest BCUT2D eigenvalue weighted by Gasteiger charge is 2.12. The van der Waals surface area contributed by atoms with Crippen LogP contribution in [0.15, 0.2) is 22.8 Å². The number of esters is 1. The highest BCUT2D eigenvalue weighted by Crippen LogP contribution is 2.12. The monoisotopic (exact) mass is 278 g/mol. The molecular formula is C12H14N4O4. The third kappa shape index (κ3) is 3.74. The van der Waals surface area contributed by atoms with Crippen LogP contribution in [-0.2, 0) is 20.9 Å². The highest BCUT2D eigenvalue weighted by molar-refractivity contribution is 5.82. The molecule has 20 heavy (non-hydrogen) atoms. The number of hydrogen-bond acceptors (Lipinski definition) is 7. The number of Topliss-reactive ketones (excluding diaryl/α,β-unsaturated/α-hetero) is 1. The molecule has 0 unspecified atom stereocenters. The van der Waals surface area contributed by atoms with Gasteiger partial charge in [-0.15, -0.1) is 10.2 Å². The van der Waals surface area contributed by atoms with Gasteiger partial charge in [0, 0.05) is 6.42 Å². The quantitative estimate of drug-likeness (QED) is 0.692. The van der Waals surface area contributed by atoms with Gasteiger partial charge in [0.15, 0.2) is 11.5 Å². The Labute approximate surface area is 114 Å². The van der Waals surface area contributed by atoms with Gasteiger partial charge in [0.1, 0.15) is 6.54 Å². The Morgan fingerprint density at radius 2 is 2.25 bits per heavy atom. The average molecular weight is 278 g/mol. The number of nitrogens with zero attached hydrogens (tertiary/aromatic N) is 4. The number of furan rings is 1. The normalized spacial score (nSPS) is 10.4. The molecule has 8 nitrogen and oxygen atoms in total. The second kappa shape index (κ2) is 6.60. The van der Waals surface area contributed by atoms with E-state index in [9.17, 15) is 9.59 Å². The molecule has 0 aliphatic rings. The molecular weight excluding hydrogens is 264 g/mol. The minimum atomic E-state index is -0.385. The Kier molecular flexibility index (Phi) is 4.59. The number of aromatic nitrogens is 4. The van der Waals surface area contributed by atoms with E-state index in [1.165, 1.54) is 11.1 Å². The first kappa shape index (κ1) is 13.9. The summed E-state index contributed by atoms with van der Waals surface area (Å²) >= 11 is 0. The molecule has 0 fully saturated rings. The second-order valence-corrected chi connectivity index (χ2v) is 3.96. The van der Waals surface area contributed by atoms with Crippen molar-refractivity contribution in [3.05, 3.63) is 18.4 Å². The number of rotatable bonds is 7. The standard InChI is InChI=1S/C12H14N4O4/c1-2-19-11(18)6-5-9(17)8-16-14-12(13-15-16)10-4-3-7-20-10/h3-4,7H,2,5-6,8H2,1H3. The zero-order chi connectivity index (χ0) is 14.4. The van der Waals surface area contributed by atoms with Gasteiger partial charge in [-0.25, -0.2) is 0 Å². The fraction of sp³-hybridized carbons (Fsp3) is 0.417. The van der Waals surface area contributed by atoms with Crippen molar-refractivity contribution in [2.75, 3.05) is 6.61 Å². The third-order valence-electron chi connectivity index (χ3n) is 2.43. The topological polar surface area (TPSA) is 100 Å². The molecule has 2 rings (SSSR count). The van der Waals surface area contributed by atoms with E-state index in [2.05, 4.69) is 15.4 Å². The van der Waals surface area contributed by atoms with Gasteiger partial charge in [0.05, 0.1) is 19.3 Å². The molecule has 2 aromatic rings. The van der Waals surface area contributed by atoms with E-state index in [1.54, 1.807) is 19.1 Å². The summed E-state index contributed by atoms with van der Waals surface area (Å²) in [6.07, 6.45) is 1.66. The zero-order valence-electron chi connectivity index (χ0n) is 11.0. The molecule has 0 saturated carbocycles. The predicted molar refractivity (Wildman–Crippen MR) is 66.4 cm³/mol. The average Bonchev–Trinajstić information content (AvgIpc) is 3.07. The van der Waals surface area contributed by atoms with Crippen LogP contribution in [0, 0.1) is 0 Å². The molecule has 2 aromatic heterocycles. The molecule has 106 valence electrons. The minimum absolute atomic E-state index is 0.0346. The van der Waals surface area contributed by atoms with Crippen molar-refractivity contribution in [3.63, 3.8) is 0 Å². The summed E-state index contributed by atoms with van der Waals surface area (Å²) in [6, 6.07) is 3.41. The maximum atomic E-state index is 11.7. The smallest absolute Gasteiger partial charge is 0.306 e. The summed E-state index contributed by atoms with van der Waals surface area (Å²) in [5.41, 5.74) is 0. The predicted octanol–water partition coefficient (Wildman–Crippen LogP) is 0.845. The maximum Gasteiger partial charge on any atom is 0.306 e. The summed E-state index contributed by atoms with van der Waals surface area (Å²) in [5, 5.41) is 11.6. The molecule has 0 atom stereocenters. The van der Waals surface area contributed by atoms with Crippen LogP contribution in [0.1, 0.15) is 19.8 Å². The van der Waals surface area contributed by atoms with Gasteiger partial charge in [0.2, 0.25) is 5.82 Å². The first-order chi connectivity index (χ1) is 9.69. The van der Waals surface area contributed by atoms with Crippen molar-refractivity contribution < 1.29 is 18.7 Å². The van der Waals surface area contributed by atoms with Crippen LogP contribution in [0.5, 0.6) is 0 Å². The van der Waals surface area contributed by atoms with Crippen LogP contribution < -0.4 is 0 Å². The summed E-state index contributed by atoms with van der Waals surface area (Å²) < 4.78 is 9.86. The van der Waals surface area contributed by atoms with E-state index in [0.29, 0.717) is 18.2 Å². The van der Waals surface area contributed by atoms with E-state index >= 15 is 0 Å². The molecule has 0 amide bonds. The molecule has 0 saturated heterocycles. The fourth-order valence-electron chi connectivity index (χ4n) is 1.53. The van der Waals surface area contributed by atoms with Crippen LogP contribution in [0.3, 0.4) is 0 Å². The van der Waals surface area contributed by atoms with Crippen molar-refractivity contribution in [1.29, 1.82) is 0 Å². The molecule has 0 radical (unpaired) electrons. The van der Waals surface area contributed by atoms with Crippen molar-refractivity contribution in [3.8, 4) is 11.6 Å². The van der Waals surface area contributed by atoms with Gasteiger partial charge in [-0.1, -0.05) is 0 Å². The summed E-state index contributed by atoms with van der Waals surface area (Å²) in [5.74, 6) is 0.244. The number of ketones is 1. The second-order valence-electron chi connectivity index (χ2n) is 3.96. The van der Waals surface area contributed by atoms with Gasteiger partial charge < -0.3 is 9.15 Å². The van der Waals surface area contributed by atoms with Crippen molar-refractivity contribution in [2.45, 2.75) is 26.3 Å². The lowest BCUT2D eigenvalue weighted by Crippen LogP contribution is -2.15. The highest BCUT2D eigenvalue weighted by atomic mass is 16.5. The molecule has 0 N–H and O–H groups in total. The Bertz CT molecular complexity index is 576. The molecule has 0 aliphatic carbocycles. The van der Waals surface area contributed by atoms with Crippen molar-refractivity contribution in [1.82, 2.24) is 20.2 Å². The summed E-state index contributed by atoms with van der Waals surface area (Å²) in [7, 11) is 0. The Morgan fingerprint density at radius 3 is 2.95 bits per heavy atom. The van der Waals surface area contributed by atoms with Crippen LogP contribution >= 0.6 is 0 Å². The molecule has 0 aromatic carbocycles. The summed E-state index contributed by atoms with van der Waals surface area (Å²) in [6.45, 7) is 1.99. The number of tetrazole rings is 1. The Hall–Kier alpha value is -2.51. The SMILES string of the molecule is CCOC(=O)CCC(=O)Cn1nnc(-c2ccco2)n1. The van der Waals surface area contributed by atoms with Gasteiger partial charge in [0.25, 0.3) is 0 Å². The number of carbonyl (C=O) groups is 2. The largest absolute Gasteiger partial charge is 0.466 e. The number of hydrogen-bond donors (Lipinski definition) is 0. The van der Waals surface area contributed by atoms with Gasteiger partial charge >= 0.3 is 5.97 Å². The fourth-order valence-corrected chi connectivity index (χ4v) is 1.53. The molecule has 8 heteroatoms. The van der Waals surface area contributed by atoms with Crippen molar-refractivity contribution in [2.24, 2.45) is 0 Å². The van der Waals surface area contributed by atoms with Gasteiger partial charge in [-0.05, 0) is 24.3 Å². The number of carbonyl (C=O) groups excluding carboxylic acids is 2. The van der Waals surface area contributed by atoms with Gasteiger partial charge in [-0.2, -0.15) is 4.80 Å². The minimum Gasteiger partial charge on any atom is -0.466 e. The first-order valence-electron chi connectivity index (χ1n) is 6.18. The molecule has 0 aliphatic heterocycles. The van der Waals surface area contributed by atoms with Crippen LogP contribution in [0.2, 0.25) is 0 Å². The molecule has 0 bridgehead atoms. The Balaban J connectivity index is 1.84. The van der Waals surface area contributed by atoms with Crippen molar-refractivity contribution >= 4 is 11.8 Å². The van der Waals surface area contributed by atoms with Crippen LogP contribution in [0.25, 0.3) is 11.6 Å². The maximum absolute atomic E-state index is 11.7. The van der Waals surface area contributed by atoms with E-state index in [0.717, 1.165) is 0 Å². The molecule has 2 heterocycles.